The van der Waals surface area contributed by atoms with E-state index in [0.717, 1.165) is 17.7 Å². The van der Waals surface area contributed by atoms with Gasteiger partial charge in [0.05, 0.1) is 17.8 Å². The van der Waals surface area contributed by atoms with E-state index in [2.05, 4.69) is 15.7 Å². The molecule has 1 aromatic heterocycles. The third kappa shape index (κ3) is 4.04. The second kappa shape index (κ2) is 7.06. The highest BCUT2D eigenvalue weighted by molar-refractivity contribution is 5.77. The highest BCUT2D eigenvalue weighted by Gasteiger charge is 2.35. The Morgan fingerprint density at radius 3 is 2.81 bits per heavy atom. The van der Waals surface area contributed by atoms with Crippen molar-refractivity contribution in [3.05, 3.63) is 53.1 Å². The van der Waals surface area contributed by atoms with E-state index in [4.69, 9.17) is 0 Å². The number of amides is 1. The van der Waals surface area contributed by atoms with E-state index in [9.17, 15) is 22.4 Å². The molecule has 9 heteroatoms. The number of hydrogen-bond acceptors (Lipinski definition) is 3. The Morgan fingerprint density at radius 2 is 2.15 bits per heavy atom. The van der Waals surface area contributed by atoms with Gasteiger partial charge < -0.3 is 10.6 Å². The first-order valence-electron chi connectivity index (χ1n) is 8.11. The molecular weight excluding hydrogens is 352 g/mol. The van der Waals surface area contributed by atoms with Gasteiger partial charge in [0.1, 0.15) is 5.82 Å². The number of alkyl halides is 3. The van der Waals surface area contributed by atoms with Crippen LogP contribution in [0.5, 0.6) is 0 Å². The predicted octanol–water partition coefficient (Wildman–Crippen LogP) is 2.69. The van der Waals surface area contributed by atoms with Crippen LogP contribution in [0.15, 0.2) is 30.6 Å². The lowest BCUT2D eigenvalue weighted by Gasteiger charge is -2.32. The van der Waals surface area contributed by atoms with Crippen molar-refractivity contribution in [2.24, 2.45) is 7.05 Å². The molecule has 0 radical (unpaired) electrons. The fourth-order valence-corrected chi connectivity index (χ4v) is 3.14. The van der Waals surface area contributed by atoms with Crippen molar-refractivity contribution in [2.75, 3.05) is 0 Å². The first-order chi connectivity index (χ1) is 12.2. The Morgan fingerprint density at radius 1 is 1.38 bits per heavy atom. The molecule has 1 aliphatic rings. The molecule has 0 bridgehead atoms. The van der Waals surface area contributed by atoms with Crippen molar-refractivity contribution in [1.29, 1.82) is 0 Å². The van der Waals surface area contributed by atoms with Crippen LogP contribution in [0.3, 0.4) is 0 Å². The van der Waals surface area contributed by atoms with Crippen LogP contribution in [0.1, 0.15) is 35.6 Å². The molecule has 1 aromatic carbocycles. The molecule has 0 unspecified atom stereocenters. The number of carbonyl (C=O) groups excluding carboxylic acids is 1. The quantitative estimate of drug-likeness (QED) is 0.814. The van der Waals surface area contributed by atoms with Crippen LogP contribution in [0, 0.1) is 5.82 Å². The van der Waals surface area contributed by atoms with Crippen LogP contribution in [0.4, 0.5) is 17.6 Å². The van der Waals surface area contributed by atoms with Crippen molar-refractivity contribution in [3.63, 3.8) is 0 Å². The molecule has 0 saturated carbocycles. The molecule has 140 valence electrons. The standard InChI is InChI=1S/C17H18F4N4O/c1-25-9-11(8-23-25)16-14(4-5-15(26)24-16)22-7-10-2-3-12(18)6-13(10)17(19,20)21/h2-3,6,8-9,14,16,22H,4-5,7H2,1H3,(H,24,26)/t14-,16+/m1/s1. The third-order valence-corrected chi connectivity index (χ3v) is 4.42. The smallest absolute Gasteiger partial charge is 0.348 e. The summed E-state index contributed by atoms with van der Waals surface area (Å²) in [6, 6.07) is 1.99. The minimum absolute atomic E-state index is 0.0410. The number of aromatic nitrogens is 2. The van der Waals surface area contributed by atoms with Gasteiger partial charge in [0.15, 0.2) is 0 Å². The zero-order valence-electron chi connectivity index (χ0n) is 14.0. The van der Waals surface area contributed by atoms with Crippen molar-refractivity contribution in [3.8, 4) is 0 Å². The first-order valence-corrected chi connectivity index (χ1v) is 8.11. The maximum Gasteiger partial charge on any atom is 0.416 e. The van der Waals surface area contributed by atoms with E-state index in [0.29, 0.717) is 12.5 Å². The minimum Gasteiger partial charge on any atom is -0.348 e. The van der Waals surface area contributed by atoms with E-state index >= 15 is 0 Å². The monoisotopic (exact) mass is 370 g/mol. The van der Waals surface area contributed by atoms with Gasteiger partial charge in [-0.25, -0.2) is 4.39 Å². The summed E-state index contributed by atoms with van der Waals surface area (Å²) in [4.78, 5) is 11.7. The van der Waals surface area contributed by atoms with Gasteiger partial charge in [-0.1, -0.05) is 6.07 Å². The summed E-state index contributed by atoms with van der Waals surface area (Å²) < 4.78 is 54.2. The summed E-state index contributed by atoms with van der Waals surface area (Å²) in [5.74, 6) is -1.05. The van der Waals surface area contributed by atoms with Crippen molar-refractivity contribution in [1.82, 2.24) is 20.4 Å². The minimum atomic E-state index is -4.64. The van der Waals surface area contributed by atoms with Crippen molar-refractivity contribution in [2.45, 2.75) is 37.6 Å². The Hall–Kier alpha value is -2.42. The van der Waals surface area contributed by atoms with Crippen molar-refractivity contribution >= 4 is 5.91 Å². The van der Waals surface area contributed by atoms with Crippen LogP contribution >= 0.6 is 0 Å². The highest BCUT2D eigenvalue weighted by atomic mass is 19.4. The van der Waals surface area contributed by atoms with Gasteiger partial charge in [0.2, 0.25) is 5.91 Å². The number of aryl methyl sites for hydroxylation is 1. The molecule has 1 aliphatic heterocycles. The molecule has 1 saturated heterocycles. The SMILES string of the molecule is Cn1cc([C@@H]2NC(=O)CC[C@H]2NCc2ccc(F)cc2C(F)(F)F)cn1. The van der Waals surface area contributed by atoms with Crippen LogP contribution in [-0.4, -0.2) is 21.7 Å². The predicted molar refractivity (Wildman–Crippen MR) is 85.4 cm³/mol. The summed E-state index contributed by atoms with van der Waals surface area (Å²) in [5.41, 5.74) is -0.267. The van der Waals surface area contributed by atoms with Gasteiger partial charge in [-0.05, 0) is 24.1 Å². The van der Waals surface area contributed by atoms with Gasteiger partial charge in [-0.3, -0.25) is 9.48 Å². The van der Waals surface area contributed by atoms with Crippen LogP contribution in [-0.2, 0) is 24.6 Å². The molecule has 2 atom stereocenters. The van der Waals surface area contributed by atoms with Gasteiger partial charge in [0, 0.05) is 37.8 Å². The van der Waals surface area contributed by atoms with Crippen LogP contribution < -0.4 is 10.6 Å². The molecule has 3 rings (SSSR count). The summed E-state index contributed by atoms with van der Waals surface area (Å²) in [7, 11) is 1.74. The van der Waals surface area contributed by atoms with E-state index in [1.807, 2.05) is 0 Å². The van der Waals surface area contributed by atoms with E-state index in [-0.39, 0.29) is 36.5 Å². The maximum atomic E-state index is 13.2. The molecule has 2 aromatic rings. The topological polar surface area (TPSA) is 59.0 Å². The summed E-state index contributed by atoms with van der Waals surface area (Å²) in [6.07, 6.45) is -0.505. The lowest BCUT2D eigenvalue weighted by molar-refractivity contribution is -0.138. The van der Waals surface area contributed by atoms with E-state index in [1.165, 1.54) is 0 Å². The molecule has 5 nitrogen and oxygen atoms in total. The Labute approximate surface area is 147 Å². The Bertz CT molecular complexity index is 802. The van der Waals surface area contributed by atoms with Crippen molar-refractivity contribution < 1.29 is 22.4 Å². The number of nitrogens with zero attached hydrogens (tertiary/aromatic N) is 2. The average molecular weight is 370 g/mol. The van der Waals surface area contributed by atoms with Gasteiger partial charge in [-0.2, -0.15) is 18.3 Å². The molecule has 1 fully saturated rings. The molecule has 2 N–H and O–H groups in total. The fourth-order valence-electron chi connectivity index (χ4n) is 3.14. The summed E-state index contributed by atoms with van der Waals surface area (Å²) in [6.45, 7) is -0.0909. The van der Waals surface area contributed by atoms with Gasteiger partial charge in [-0.15, -0.1) is 0 Å². The lowest BCUT2D eigenvalue weighted by Crippen LogP contribution is -2.48. The number of nitrogens with one attached hydrogen (secondary N) is 2. The Kier molecular flexibility index (Phi) is 4.99. The number of halogens is 4. The zero-order valence-corrected chi connectivity index (χ0v) is 14.0. The number of rotatable bonds is 4. The fraction of sp³-hybridized carbons (Fsp3) is 0.412. The number of carbonyl (C=O) groups is 1. The first kappa shape index (κ1) is 18.4. The normalized spacial score (nSPS) is 20.9. The lowest BCUT2D eigenvalue weighted by atomic mass is 9.93. The van der Waals surface area contributed by atoms with E-state index in [1.54, 1.807) is 24.1 Å². The average Bonchev–Trinajstić information content (AvgIpc) is 3.00. The second-order valence-electron chi connectivity index (χ2n) is 6.32. The molecule has 26 heavy (non-hydrogen) atoms. The molecular formula is C17H18F4N4O. The molecule has 2 heterocycles. The van der Waals surface area contributed by atoms with Crippen LogP contribution in [0.2, 0.25) is 0 Å². The molecule has 0 aliphatic carbocycles. The van der Waals surface area contributed by atoms with Gasteiger partial charge in [0.25, 0.3) is 0 Å². The maximum absolute atomic E-state index is 13.2. The molecule has 0 spiro atoms. The summed E-state index contributed by atoms with van der Waals surface area (Å²) >= 11 is 0. The molecule has 1 amide bonds. The Balaban J connectivity index is 1.79. The number of benzene rings is 1. The largest absolute Gasteiger partial charge is 0.416 e. The second-order valence-corrected chi connectivity index (χ2v) is 6.32. The van der Waals surface area contributed by atoms with E-state index < -0.39 is 17.6 Å². The number of hydrogen-bond donors (Lipinski definition) is 2. The van der Waals surface area contributed by atoms with Gasteiger partial charge >= 0.3 is 6.18 Å². The van der Waals surface area contributed by atoms with Crippen LogP contribution in [0.25, 0.3) is 0 Å². The highest BCUT2D eigenvalue weighted by Crippen LogP contribution is 2.33. The zero-order chi connectivity index (χ0) is 18.9. The third-order valence-electron chi connectivity index (χ3n) is 4.42. The summed E-state index contributed by atoms with van der Waals surface area (Å²) in [5, 5.41) is 10.00. The number of piperidine rings is 1.